The van der Waals surface area contributed by atoms with Crippen LogP contribution in [0.5, 0.6) is 11.5 Å². The van der Waals surface area contributed by atoms with Gasteiger partial charge in [0.2, 0.25) is 0 Å². The number of sulfonamides is 1. The number of anilines is 4. The van der Waals surface area contributed by atoms with E-state index >= 15 is 0 Å². The molecule has 0 aliphatic rings. The van der Waals surface area contributed by atoms with Gasteiger partial charge >= 0.3 is 0 Å². The molecule has 0 bridgehead atoms. The number of fused-ring (bicyclic) bond motifs is 1. The van der Waals surface area contributed by atoms with Gasteiger partial charge in [0.15, 0.2) is 11.6 Å². The summed E-state index contributed by atoms with van der Waals surface area (Å²) in [5.41, 5.74) is 2.23. The number of ether oxygens (including phenoxy) is 2. The summed E-state index contributed by atoms with van der Waals surface area (Å²) in [4.78, 5) is 25.5. The Kier molecular flexibility index (Phi) is 7.42. The van der Waals surface area contributed by atoms with Crippen molar-refractivity contribution in [3.05, 3.63) is 96.8 Å². The molecule has 1 amide bonds. The molecule has 3 aromatic carbocycles. The Labute approximate surface area is 230 Å². The molecule has 0 fully saturated rings. The van der Waals surface area contributed by atoms with Gasteiger partial charge in [-0.2, -0.15) is 0 Å². The van der Waals surface area contributed by atoms with Crippen LogP contribution in [0, 0.1) is 0 Å². The van der Waals surface area contributed by atoms with E-state index in [0.29, 0.717) is 39.5 Å². The monoisotopic (exact) mass is 556 g/mol. The molecule has 2 aromatic heterocycles. The van der Waals surface area contributed by atoms with Crippen LogP contribution in [-0.4, -0.2) is 43.5 Å². The van der Waals surface area contributed by atoms with Gasteiger partial charge in [-0.25, -0.2) is 18.4 Å². The molecule has 0 saturated heterocycles. The van der Waals surface area contributed by atoms with Gasteiger partial charge in [0, 0.05) is 42.0 Å². The first-order valence-electron chi connectivity index (χ1n) is 12.0. The fourth-order valence-corrected chi connectivity index (χ4v) is 4.86. The average Bonchev–Trinajstić information content (AvgIpc) is 2.97. The van der Waals surface area contributed by atoms with E-state index < -0.39 is 15.9 Å². The number of nitrogens with zero attached hydrogens (tertiary/aromatic N) is 3. The second-order valence-corrected chi connectivity index (χ2v) is 10.1. The number of para-hydroxylation sites is 2. The predicted octanol–water partition coefficient (Wildman–Crippen LogP) is 4.84. The molecule has 0 saturated carbocycles. The van der Waals surface area contributed by atoms with Crippen molar-refractivity contribution >= 4 is 50.0 Å². The van der Waals surface area contributed by atoms with Crippen molar-refractivity contribution in [2.45, 2.75) is 4.90 Å². The van der Waals surface area contributed by atoms with Gasteiger partial charge in [-0.15, -0.1) is 0 Å². The lowest BCUT2D eigenvalue weighted by atomic mass is 10.2. The molecule has 0 atom stereocenters. The van der Waals surface area contributed by atoms with Gasteiger partial charge < -0.3 is 20.1 Å². The number of benzene rings is 3. The van der Waals surface area contributed by atoms with E-state index in [0.717, 1.165) is 0 Å². The summed E-state index contributed by atoms with van der Waals surface area (Å²) in [5.74, 6) is 0.783. The van der Waals surface area contributed by atoms with Gasteiger partial charge in [0.05, 0.1) is 35.7 Å². The van der Waals surface area contributed by atoms with Gasteiger partial charge in [0.25, 0.3) is 15.9 Å². The third-order valence-corrected chi connectivity index (χ3v) is 7.08. The Bertz CT molecular complexity index is 1780. The summed E-state index contributed by atoms with van der Waals surface area (Å²) in [5, 5.41) is 5.81. The number of carbonyl (C=O) groups is 1. The maximum atomic E-state index is 13.5. The van der Waals surface area contributed by atoms with Crippen molar-refractivity contribution < 1.29 is 22.7 Å². The third kappa shape index (κ3) is 5.92. The minimum atomic E-state index is -4.15. The van der Waals surface area contributed by atoms with Gasteiger partial charge in [-0.3, -0.25) is 14.5 Å². The number of amides is 1. The van der Waals surface area contributed by atoms with Crippen LogP contribution in [0.15, 0.2) is 96.2 Å². The van der Waals surface area contributed by atoms with Crippen molar-refractivity contribution in [1.82, 2.24) is 15.0 Å². The van der Waals surface area contributed by atoms with Gasteiger partial charge in [0.1, 0.15) is 11.5 Å². The average molecular weight is 557 g/mol. The first kappa shape index (κ1) is 26.4. The highest BCUT2D eigenvalue weighted by atomic mass is 32.2. The van der Waals surface area contributed by atoms with E-state index in [1.54, 1.807) is 60.8 Å². The van der Waals surface area contributed by atoms with E-state index in [1.807, 2.05) is 6.07 Å². The van der Waals surface area contributed by atoms with Crippen molar-refractivity contribution in [2.24, 2.45) is 0 Å². The molecule has 12 heteroatoms. The predicted molar refractivity (Wildman–Crippen MR) is 152 cm³/mol. The first-order valence-corrected chi connectivity index (χ1v) is 13.4. The molecular formula is C28H24N6O5S. The van der Waals surface area contributed by atoms with E-state index in [2.05, 4.69) is 30.3 Å². The van der Waals surface area contributed by atoms with Crippen LogP contribution >= 0.6 is 0 Å². The largest absolute Gasteiger partial charge is 0.497 e. The summed E-state index contributed by atoms with van der Waals surface area (Å²) >= 11 is 0. The molecule has 5 rings (SSSR count). The summed E-state index contributed by atoms with van der Waals surface area (Å²) < 4.78 is 40.2. The van der Waals surface area contributed by atoms with E-state index in [9.17, 15) is 13.2 Å². The third-order valence-electron chi connectivity index (χ3n) is 5.74. The zero-order valence-corrected chi connectivity index (χ0v) is 22.3. The summed E-state index contributed by atoms with van der Waals surface area (Å²) in [6.07, 6.45) is 2.97. The molecule has 3 N–H and O–H groups in total. The topological polar surface area (TPSA) is 144 Å². The van der Waals surface area contributed by atoms with Crippen LogP contribution < -0.4 is 24.8 Å². The number of aromatic nitrogens is 3. The smallest absolute Gasteiger partial charge is 0.263 e. The lowest BCUT2D eigenvalue weighted by Gasteiger charge is -2.15. The zero-order chi connectivity index (χ0) is 28.1. The van der Waals surface area contributed by atoms with Crippen molar-refractivity contribution in [3.8, 4) is 11.5 Å². The molecule has 0 radical (unpaired) electrons. The standard InChI is InChI=1S/C28H24N6O5S/c1-38-21-13-20(14-22(16-21)39-2)30-26-27(33-25-11-4-3-10-24(25)32-26)34-40(36,37)23-9-5-8-19(15-23)31-28(35)18-7-6-12-29-17-18/h3-17H,1-2H3,(H,30,32)(H,31,35)(H,33,34). The number of carbonyl (C=O) groups excluding carboxylic acids is 1. The molecule has 5 aromatic rings. The molecule has 0 spiro atoms. The fraction of sp³-hybridized carbons (Fsp3) is 0.0714. The molecule has 0 aliphatic heterocycles. The minimum Gasteiger partial charge on any atom is -0.497 e. The second-order valence-electron chi connectivity index (χ2n) is 8.47. The quantitative estimate of drug-likeness (QED) is 0.232. The number of pyridine rings is 1. The van der Waals surface area contributed by atoms with Crippen LogP contribution in [0.4, 0.5) is 23.0 Å². The number of nitrogens with one attached hydrogen (secondary N) is 3. The molecule has 2 heterocycles. The zero-order valence-electron chi connectivity index (χ0n) is 21.5. The number of rotatable bonds is 9. The van der Waals surface area contributed by atoms with Crippen LogP contribution in [0.25, 0.3) is 11.0 Å². The molecule has 202 valence electrons. The Balaban J connectivity index is 1.48. The lowest BCUT2D eigenvalue weighted by Crippen LogP contribution is -2.17. The van der Waals surface area contributed by atoms with Crippen LogP contribution in [0.2, 0.25) is 0 Å². The van der Waals surface area contributed by atoms with Crippen molar-refractivity contribution in [2.75, 3.05) is 29.6 Å². The Morgan fingerprint density at radius 2 is 1.48 bits per heavy atom. The van der Waals surface area contributed by atoms with Crippen LogP contribution in [0.1, 0.15) is 10.4 Å². The van der Waals surface area contributed by atoms with Crippen molar-refractivity contribution in [3.63, 3.8) is 0 Å². The molecular weight excluding hydrogens is 532 g/mol. The molecule has 0 unspecified atom stereocenters. The highest BCUT2D eigenvalue weighted by Gasteiger charge is 2.20. The lowest BCUT2D eigenvalue weighted by molar-refractivity contribution is 0.102. The van der Waals surface area contributed by atoms with Crippen LogP contribution in [-0.2, 0) is 10.0 Å². The number of hydrogen-bond donors (Lipinski definition) is 3. The maximum absolute atomic E-state index is 13.5. The number of hydrogen-bond acceptors (Lipinski definition) is 9. The van der Waals surface area contributed by atoms with Crippen molar-refractivity contribution in [1.29, 1.82) is 0 Å². The summed E-state index contributed by atoms with van der Waals surface area (Å²) in [6, 6.07) is 21.4. The highest BCUT2D eigenvalue weighted by molar-refractivity contribution is 7.92. The maximum Gasteiger partial charge on any atom is 0.263 e. The van der Waals surface area contributed by atoms with E-state index in [-0.39, 0.29) is 16.5 Å². The number of methoxy groups -OCH3 is 2. The van der Waals surface area contributed by atoms with E-state index in [4.69, 9.17) is 9.47 Å². The molecule has 0 aliphatic carbocycles. The van der Waals surface area contributed by atoms with Gasteiger partial charge in [-0.05, 0) is 42.5 Å². The second kappa shape index (κ2) is 11.3. The van der Waals surface area contributed by atoms with E-state index in [1.165, 1.54) is 38.6 Å². The summed E-state index contributed by atoms with van der Waals surface area (Å²) in [6.45, 7) is 0. The fourth-order valence-electron chi connectivity index (χ4n) is 3.80. The summed E-state index contributed by atoms with van der Waals surface area (Å²) in [7, 11) is -1.09. The Hall–Kier alpha value is -5.23. The first-order chi connectivity index (χ1) is 19.3. The van der Waals surface area contributed by atoms with Crippen LogP contribution in [0.3, 0.4) is 0 Å². The highest BCUT2D eigenvalue weighted by Crippen LogP contribution is 2.31. The van der Waals surface area contributed by atoms with Gasteiger partial charge in [-0.1, -0.05) is 18.2 Å². The Morgan fingerprint density at radius 1 is 0.775 bits per heavy atom. The molecule has 11 nitrogen and oxygen atoms in total. The normalized spacial score (nSPS) is 11.1. The SMILES string of the molecule is COc1cc(Nc2nc3ccccc3nc2NS(=O)(=O)c2cccc(NC(=O)c3cccnc3)c2)cc(OC)c1. The minimum absolute atomic E-state index is 0.0229. The molecule has 40 heavy (non-hydrogen) atoms. The Morgan fingerprint density at radius 3 is 2.12 bits per heavy atom.